The zero-order chi connectivity index (χ0) is 15.0. The van der Waals surface area contributed by atoms with Gasteiger partial charge in [0.1, 0.15) is 0 Å². The van der Waals surface area contributed by atoms with E-state index in [9.17, 15) is 14.7 Å². The molecule has 0 fully saturated rings. The summed E-state index contributed by atoms with van der Waals surface area (Å²) in [4.78, 5) is 30.5. The lowest BCUT2D eigenvalue weighted by atomic mass is 9.99. The number of amides is 1. The number of rotatable bonds is 3. The molecule has 110 valence electrons. The van der Waals surface area contributed by atoms with Gasteiger partial charge in [-0.25, -0.2) is 9.78 Å². The van der Waals surface area contributed by atoms with Crippen molar-refractivity contribution >= 4 is 39.7 Å². The maximum Gasteiger partial charge on any atom is 0.331 e. The molecule has 0 radical (unpaired) electrons. The van der Waals surface area contributed by atoms with Gasteiger partial charge in [0.25, 0.3) is 0 Å². The zero-order valence-electron chi connectivity index (χ0n) is 11.0. The molecular formula is C13H13N3O3S2. The van der Waals surface area contributed by atoms with Crippen molar-refractivity contribution in [3.05, 3.63) is 33.0 Å². The van der Waals surface area contributed by atoms with E-state index in [0.29, 0.717) is 23.8 Å². The Labute approximate surface area is 128 Å². The highest BCUT2D eigenvalue weighted by Crippen LogP contribution is 2.33. The second-order valence-corrected chi connectivity index (χ2v) is 6.62. The number of carboxylic acid groups (broad SMARTS) is 1. The Morgan fingerprint density at radius 1 is 1.48 bits per heavy atom. The van der Waals surface area contributed by atoms with Crippen LogP contribution in [0.4, 0.5) is 5.13 Å². The predicted octanol–water partition coefficient (Wildman–Crippen LogP) is 1.54. The van der Waals surface area contributed by atoms with E-state index in [1.807, 2.05) is 5.38 Å². The van der Waals surface area contributed by atoms with E-state index in [1.54, 1.807) is 11.4 Å². The third-order valence-electron chi connectivity index (χ3n) is 3.42. The topological polar surface area (TPSA) is 96.5 Å². The van der Waals surface area contributed by atoms with E-state index in [1.165, 1.54) is 27.6 Å². The lowest BCUT2D eigenvalue weighted by molar-refractivity contribution is -0.151. The van der Waals surface area contributed by atoms with Gasteiger partial charge in [0, 0.05) is 16.8 Å². The van der Waals surface area contributed by atoms with Gasteiger partial charge >= 0.3 is 5.97 Å². The number of hydrogen-bond acceptors (Lipinski definition) is 6. The third kappa shape index (κ3) is 2.64. The minimum absolute atomic E-state index is 0.0803. The molecule has 1 atom stereocenters. The average molecular weight is 323 g/mol. The summed E-state index contributed by atoms with van der Waals surface area (Å²) in [6.07, 6.45) is 0.776. The molecule has 1 unspecified atom stereocenters. The molecule has 0 bridgehead atoms. The van der Waals surface area contributed by atoms with Gasteiger partial charge in [-0.15, -0.1) is 22.7 Å². The van der Waals surface area contributed by atoms with E-state index in [0.717, 1.165) is 10.4 Å². The maximum absolute atomic E-state index is 12.4. The van der Waals surface area contributed by atoms with Gasteiger partial charge in [-0.3, -0.25) is 4.79 Å². The van der Waals surface area contributed by atoms with Crippen LogP contribution in [0, 0.1) is 0 Å². The van der Waals surface area contributed by atoms with E-state index in [2.05, 4.69) is 4.98 Å². The van der Waals surface area contributed by atoms with Gasteiger partial charge in [0.2, 0.25) is 5.91 Å². The summed E-state index contributed by atoms with van der Waals surface area (Å²) in [7, 11) is 0. The lowest BCUT2D eigenvalue weighted by Gasteiger charge is -2.33. The van der Waals surface area contributed by atoms with Crippen molar-refractivity contribution in [3.8, 4) is 0 Å². The molecule has 3 heterocycles. The van der Waals surface area contributed by atoms with Crippen molar-refractivity contribution in [2.45, 2.75) is 18.9 Å². The SMILES string of the molecule is Nc1nc(CC(=O)N2CCc3sccc3C2C(=O)O)cs1. The van der Waals surface area contributed by atoms with Crippen molar-refractivity contribution in [3.63, 3.8) is 0 Å². The largest absolute Gasteiger partial charge is 0.479 e. The van der Waals surface area contributed by atoms with Gasteiger partial charge in [-0.05, 0) is 23.4 Å². The van der Waals surface area contributed by atoms with Crippen LogP contribution >= 0.6 is 22.7 Å². The second kappa shape index (κ2) is 5.45. The summed E-state index contributed by atoms with van der Waals surface area (Å²) in [6, 6.07) is 0.891. The number of carboxylic acids is 1. The van der Waals surface area contributed by atoms with Crippen molar-refractivity contribution < 1.29 is 14.7 Å². The Kier molecular flexibility index (Phi) is 3.64. The monoisotopic (exact) mass is 323 g/mol. The number of carbonyl (C=O) groups excluding carboxylic acids is 1. The first-order valence-corrected chi connectivity index (χ1v) is 8.10. The summed E-state index contributed by atoms with van der Waals surface area (Å²) in [5, 5.41) is 13.5. The Morgan fingerprint density at radius 2 is 2.29 bits per heavy atom. The van der Waals surface area contributed by atoms with Gasteiger partial charge in [-0.2, -0.15) is 0 Å². The molecule has 1 amide bonds. The molecule has 0 saturated carbocycles. The number of aromatic nitrogens is 1. The van der Waals surface area contributed by atoms with Crippen molar-refractivity contribution in [1.29, 1.82) is 0 Å². The van der Waals surface area contributed by atoms with Crippen molar-refractivity contribution in [2.75, 3.05) is 12.3 Å². The number of anilines is 1. The first-order chi connectivity index (χ1) is 10.1. The fourth-order valence-corrected chi connectivity index (χ4v) is 3.98. The molecule has 0 aliphatic carbocycles. The minimum atomic E-state index is -1.000. The van der Waals surface area contributed by atoms with Crippen LogP contribution in [0.25, 0.3) is 0 Å². The quantitative estimate of drug-likeness (QED) is 0.893. The van der Waals surface area contributed by atoms with Crippen molar-refractivity contribution in [2.24, 2.45) is 0 Å². The summed E-state index contributed by atoms with van der Waals surface area (Å²) < 4.78 is 0. The Hall–Kier alpha value is -1.93. The standard InChI is InChI=1S/C13H13N3O3S2/c14-13-15-7(6-21-13)5-10(17)16-3-1-9-8(2-4-20-9)11(16)12(18)19/h2,4,6,11H,1,3,5H2,(H2,14,15)(H,18,19). The van der Waals surface area contributed by atoms with Crippen LogP contribution in [0.2, 0.25) is 0 Å². The Balaban J connectivity index is 1.84. The van der Waals surface area contributed by atoms with E-state index >= 15 is 0 Å². The highest BCUT2D eigenvalue weighted by molar-refractivity contribution is 7.13. The number of carbonyl (C=O) groups is 2. The number of nitrogens with zero attached hydrogens (tertiary/aromatic N) is 2. The molecule has 1 aliphatic rings. The fourth-order valence-electron chi connectivity index (χ4n) is 2.51. The van der Waals surface area contributed by atoms with E-state index < -0.39 is 12.0 Å². The van der Waals surface area contributed by atoms with Crippen LogP contribution in [0.3, 0.4) is 0 Å². The highest BCUT2D eigenvalue weighted by atomic mass is 32.1. The number of nitrogens with two attached hydrogens (primary N) is 1. The molecule has 0 spiro atoms. The van der Waals surface area contributed by atoms with Crippen molar-refractivity contribution in [1.82, 2.24) is 9.88 Å². The number of aliphatic carboxylic acids is 1. The Bertz CT molecular complexity index is 694. The average Bonchev–Trinajstić information content (AvgIpc) is 3.05. The summed E-state index contributed by atoms with van der Waals surface area (Å²) in [5.74, 6) is -1.23. The van der Waals surface area contributed by atoms with E-state index in [-0.39, 0.29) is 12.3 Å². The molecule has 6 nitrogen and oxygen atoms in total. The summed E-state index contributed by atoms with van der Waals surface area (Å²) in [5.41, 5.74) is 6.86. The number of thiazole rings is 1. The minimum Gasteiger partial charge on any atom is -0.479 e. The molecule has 8 heteroatoms. The molecule has 2 aromatic rings. The van der Waals surface area contributed by atoms with Crippen LogP contribution < -0.4 is 5.73 Å². The lowest BCUT2D eigenvalue weighted by Crippen LogP contribution is -2.43. The summed E-state index contributed by atoms with van der Waals surface area (Å²) in [6.45, 7) is 0.420. The molecule has 2 aromatic heterocycles. The first-order valence-electron chi connectivity index (χ1n) is 6.34. The van der Waals surface area contributed by atoms with Gasteiger partial charge in [0.15, 0.2) is 11.2 Å². The fraction of sp³-hybridized carbons (Fsp3) is 0.308. The molecule has 3 N–H and O–H groups in total. The first kappa shape index (κ1) is 14.0. The maximum atomic E-state index is 12.4. The molecular weight excluding hydrogens is 310 g/mol. The highest BCUT2D eigenvalue weighted by Gasteiger charge is 2.36. The number of hydrogen-bond donors (Lipinski definition) is 2. The van der Waals surface area contributed by atoms with Gasteiger partial charge in [-0.1, -0.05) is 0 Å². The summed E-state index contributed by atoms with van der Waals surface area (Å²) >= 11 is 2.81. The zero-order valence-corrected chi connectivity index (χ0v) is 12.6. The number of fused-ring (bicyclic) bond motifs is 1. The van der Waals surface area contributed by atoms with Crippen LogP contribution in [0.5, 0.6) is 0 Å². The normalized spacial score (nSPS) is 17.5. The number of nitrogen functional groups attached to an aromatic ring is 1. The van der Waals surface area contributed by atoms with Crippen LogP contribution in [-0.4, -0.2) is 33.4 Å². The van der Waals surface area contributed by atoms with Gasteiger partial charge < -0.3 is 15.7 Å². The predicted molar refractivity (Wildman–Crippen MR) is 80.3 cm³/mol. The van der Waals surface area contributed by atoms with Crippen LogP contribution in [0.1, 0.15) is 22.2 Å². The molecule has 21 heavy (non-hydrogen) atoms. The third-order valence-corrected chi connectivity index (χ3v) is 5.14. The molecule has 0 saturated heterocycles. The smallest absolute Gasteiger partial charge is 0.331 e. The van der Waals surface area contributed by atoms with Gasteiger partial charge in [0.05, 0.1) is 12.1 Å². The van der Waals surface area contributed by atoms with Crippen LogP contribution in [0.15, 0.2) is 16.8 Å². The Morgan fingerprint density at radius 3 is 2.95 bits per heavy atom. The van der Waals surface area contributed by atoms with E-state index in [4.69, 9.17) is 5.73 Å². The molecule has 3 rings (SSSR count). The van der Waals surface area contributed by atoms with Crippen LogP contribution in [-0.2, 0) is 22.4 Å². The molecule has 1 aliphatic heterocycles. The molecule has 0 aromatic carbocycles. The number of thiophene rings is 1. The second-order valence-electron chi connectivity index (χ2n) is 4.73.